The Labute approximate surface area is 210 Å². The zero-order valence-electron chi connectivity index (χ0n) is 18.9. The maximum absolute atomic E-state index is 13.4. The number of rotatable bonds is 7. The van der Waals surface area contributed by atoms with Gasteiger partial charge in [-0.2, -0.15) is 0 Å². The van der Waals surface area contributed by atoms with Gasteiger partial charge < -0.3 is 19.8 Å². The van der Waals surface area contributed by atoms with Crippen LogP contribution in [0.2, 0.25) is 0 Å². The van der Waals surface area contributed by atoms with Crippen molar-refractivity contribution in [1.29, 1.82) is 0 Å². The smallest absolute Gasteiger partial charge is 0.134 e. The zero-order chi connectivity index (χ0) is 24.4. The molecule has 3 aromatic carbocycles. The molecule has 6 nitrogen and oxygen atoms in total. The van der Waals surface area contributed by atoms with Crippen LogP contribution in [0.3, 0.4) is 0 Å². The summed E-state index contributed by atoms with van der Waals surface area (Å²) in [4.78, 5) is 10.4. The van der Waals surface area contributed by atoms with Gasteiger partial charge in [0, 0.05) is 23.7 Å². The second kappa shape index (κ2) is 9.76. The molecule has 2 N–H and O–H groups in total. The van der Waals surface area contributed by atoms with Crippen LogP contribution in [0.4, 0.5) is 15.9 Å². The van der Waals surface area contributed by atoms with Crippen LogP contribution in [-0.4, -0.2) is 17.0 Å². The third-order valence-corrected chi connectivity index (χ3v) is 6.26. The molecule has 0 amide bonds. The van der Waals surface area contributed by atoms with Crippen LogP contribution in [-0.2, 0) is 13.2 Å². The maximum atomic E-state index is 13.4. The molecule has 0 spiro atoms. The number of fused-ring (bicyclic) bond motifs is 1. The van der Waals surface area contributed by atoms with Crippen molar-refractivity contribution in [2.75, 3.05) is 17.7 Å². The van der Waals surface area contributed by atoms with Gasteiger partial charge in [-0.1, -0.05) is 12.1 Å². The van der Waals surface area contributed by atoms with E-state index in [4.69, 9.17) is 14.9 Å². The molecule has 0 bridgehead atoms. The largest absolute Gasteiger partial charge is 0.488 e. The number of nitrogens with two attached hydrogens (primary N) is 1. The number of nitrogens with zero attached hydrogens (tertiary/aromatic N) is 3. The van der Waals surface area contributed by atoms with E-state index >= 15 is 0 Å². The van der Waals surface area contributed by atoms with Crippen LogP contribution in [0.5, 0.6) is 5.75 Å². The summed E-state index contributed by atoms with van der Waals surface area (Å²) in [6, 6.07) is 22.0. The molecule has 0 saturated heterocycles. The maximum Gasteiger partial charge on any atom is 0.134 e. The second-order valence-corrected chi connectivity index (χ2v) is 9.00. The average Bonchev–Trinajstić information content (AvgIpc) is 3.32. The van der Waals surface area contributed by atoms with E-state index in [-0.39, 0.29) is 12.4 Å². The molecule has 176 valence electrons. The van der Waals surface area contributed by atoms with Crippen molar-refractivity contribution in [3.63, 3.8) is 0 Å². The number of aromatic nitrogens is 2. The summed E-state index contributed by atoms with van der Waals surface area (Å²) in [7, 11) is 1.99. The molecule has 2 aromatic heterocycles. The van der Waals surface area contributed by atoms with Gasteiger partial charge in [0.2, 0.25) is 0 Å². The van der Waals surface area contributed by atoms with Crippen molar-refractivity contribution in [2.45, 2.75) is 13.2 Å². The number of furan rings is 1. The highest BCUT2D eigenvalue weighted by atomic mass is 79.9. The van der Waals surface area contributed by atoms with Gasteiger partial charge in [0.1, 0.15) is 41.8 Å². The molecule has 2 heterocycles. The minimum atomic E-state index is -0.276. The molecule has 0 aliphatic rings. The van der Waals surface area contributed by atoms with E-state index in [1.807, 2.05) is 61.6 Å². The second-order valence-electron chi connectivity index (χ2n) is 8.15. The lowest BCUT2D eigenvalue weighted by molar-refractivity contribution is 0.303. The molecule has 0 fully saturated rings. The van der Waals surface area contributed by atoms with Crippen molar-refractivity contribution >= 4 is 38.3 Å². The van der Waals surface area contributed by atoms with Gasteiger partial charge in [-0.05, 0) is 82.2 Å². The summed E-state index contributed by atoms with van der Waals surface area (Å²) < 4.78 is 26.2. The fourth-order valence-electron chi connectivity index (χ4n) is 3.81. The number of benzene rings is 3. The molecule has 5 rings (SSSR count). The molecule has 0 atom stereocenters. The molecule has 5 aromatic rings. The Bertz CT molecular complexity index is 1500. The lowest BCUT2D eigenvalue weighted by atomic mass is 10.1. The van der Waals surface area contributed by atoms with E-state index in [1.165, 1.54) is 18.5 Å². The SMILES string of the molecule is CN(Cc1ccc(-c2ccc3ncnc(N)c3c2)o1)c1ccc(OCc2cccc(F)c2)c(Br)c1. The van der Waals surface area contributed by atoms with Crippen molar-refractivity contribution in [1.82, 2.24) is 9.97 Å². The van der Waals surface area contributed by atoms with Crippen LogP contribution < -0.4 is 15.4 Å². The fourth-order valence-corrected chi connectivity index (χ4v) is 4.29. The van der Waals surface area contributed by atoms with Crippen molar-refractivity contribution in [3.05, 3.63) is 101 Å². The zero-order valence-corrected chi connectivity index (χ0v) is 20.5. The minimum absolute atomic E-state index is 0.276. The Kier molecular flexibility index (Phi) is 6.37. The predicted molar refractivity (Wildman–Crippen MR) is 139 cm³/mol. The Balaban J connectivity index is 1.26. The first kappa shape index (κ1) is 22.9. The topological polar surface area (TPSA) is 77.4 Å². The van der Waals surface area contributed by atoms with E-state index in [1.54, 1.807) is 6.07 Å². The van der Waals surface area contributed by atoms with Crippen LogP contribution in [0.25, 0.3) is 22.2 Å². The molecule has 0 aliphatic carbocycles. The lowest BCUT2D eigenvalue weighted by Gasteiger charge is -2.19. The molecule has 0 unspecified atom stereocenters. The molecule has 35 heavy (non-hydrogen) atoms. The van der Waals surface area contributed by atoms with E-state index in [2.05, 4.69) is 30.8 Å². The number of anilines is 2. The molecular formula is C27H22BrFN4O2. The van der Waals surface area contributed by atoms with Crippen LogP contribution in [0, 0.1) is 5.82 Å². The standard InChI is InChI=1S/C27H22BrFN4O2/c1-33(20-6-9-26(23(28)13-20)34-15-17-3-2-4-19(29)11-17)14-21-7-10-25(35-21)18-5-8-24-22(12-18)27(30)32-16-31-24/h2-13,16H,14-15H2,1H3,(H2,30,31,32). The first-order chi connectivity index (χ1) is 17.0. The molecule has 0 radical (unpaired) electrons. The van der Waals surface area contributed by atoms with Gasteiger partial charge in [0.15, 0.2) is 0 Å². The first-order valence-corrected chi connectivity index (χ1v) is 11.7. The van der Waals surface area contributed by atoms with Crippen LogP contribution in [0.1, 0.15) is 11.3 Å². The lowest BCUT2D eigenvalue weighted by Crippen LogP contribution is -2.15. The summed E-state index contributed by atoms with van der Waals surface area (Å²) >= 11 is 3.58. The summed E-state index contributed by atoms with van der Waals surface area (Å²) in [6.07, 6.45) is 1.46. The Hall–Kier alpha value is -3.91. The van der Waals surface area contributed by atoms with E-state index < -0.39 is 0 Å². The van der Waals surface area contributed by atoms with Crippen molar-refractivity contribution in [3.8, 4) is 17.1 Å². The number of hydrogen-bond donors (Lipinski definition) is 1. The summed E-state index contributed by atoms with van der Waals surface area (Å²) in [5.41, 5.74) is 9.47. The number of halogens is 2. The fraction of sp³-hybridized carbons (Fsp3) is 0.111. The monoisotopic (exact) mass is 532 g/mol. The van der Waals surface area contributed by atoms with Gasteiger partial charge in [0.05, 0.1) is 16.5 Å². The van der Waals surface area contributed by atoms with Gasteiger partial charge in [-0.25, -0.2) is 14.4 Å². The first-order valence-electron chi connectivity index (χ1n) is 10.9. The quantitative estimate of drug-likeness (QED) is 0.254. The highest BCUT2D eigenvalue weighted by Gasteiger charge is 2.12. The van der Waals surface area contributed by atoms with Crippen molar-refractivity contribution in [2.24, 2.45) is 0 Å². The number of nitrogen functional groups attached to an aromatic ring is 1. The van der Waals surface area contributed by atoms with Crippen molar-refractivity contribution < 1.29 is 13.5 Å². The normalized spacial score (nSPS) is 11.1. The predicted octanol–water partition coefficient (Wildman–Crippen LogP) is 6.59. The highest BCUT2D eigenvalue weighted by Crippen LogP contribution is 2.32. The van der Waals surface area contributed by atoms with Gasteiger partial charge in [0.25, 0.3) is 0 Å². The summed E-state index contributed by atoms with van der Waals surface area (Å²) in [5, 5.41) is 0.796. The number of ether oxygens (including phenoxy) is 1. The molecular weight excluding hydrogens is 511 g/mol. The van der Waals surface area contributed by atoms with Gasteiger partial charge >= 0.3 is 0 Å². The average molecular weight is 533 g/mol. The Morgan fingerprint density at radius 2 is 1.91 bits per heavy atom. The highest BCUT2D eigenvalue weighted by molar-refractivity contribution is 9.10. The molecule has 0 aliphatic heterocycles. The Morgan fingerprint density at radius 3 is 2.74 bits per heavy atom. The summed E-state index contributed by atoms with van der Waals surface area (Å²) in [6.45, 7) is 0.863. The van der Waals surface area contributed by atoms with Crippen LogP contribution >= 0.6 is 15.9 Å². The molecule has 0 saturated carbocycles. The van der Waals surface area contributed by atoms with Gasteiger partial charge in [-0.15, -0.1) is 0 Å². The third-order valence-electron chi connectivity index (χ3n) is 5.64. The third kappa shape index (κ3) is 5.12. The Morgan fingerprint density at radius 1 is 1.03 bits per heavy atom. The van der Waals surface area contributed by atoms with E-state index in [0.29, 0.717) is 18.1 Å². The van der Waals surface area contributed by atoms with E-state index in [0.717, 1.165) is 43.7 Å². The van der Waals surface area contributed by atoms with Gasteiger partial charge in [-0.3, -0.25) is 0 Å². The number of hydrogen-bond acceptors (Lipinski definition) is 6. The van der Waals surface area contributed by atoms with E-state index in [9.17, 15) is 4.39 Å². The molecule has 8 heteroatoms. The minimum Gasteiger partial charge on any atom is -0.488 e. The van der Waals surface area contributed by atoms with Crippen LogP contribution in [0.15, 0.2) is 88.0 Å². The summed E-state index contributed by atoms with van der Waals surface area (Å²) in [5.74, 6) is 2.42.